The largest absolute Gasteiger partial charge is 0.465 e. The first kappa shape index (κ1) is 17.2. The number of anilines is 1. The van der Waals surface area contributed by atoms with Crippen LogP contribution in [0.2, 0.25) is 0 Å². The summed E-state index contributed by atoms with van der Waals surface area (Å²) in [7, 11) is 1.80. The van der Waals surface area contributed by atoms with Gasteiger partial charge in [0.2, 0.25) is 5.91 Å². The van der Waals surface area contributed by atoms with E-state index in [2.05, 4.69) is 5.32 Å². The molecule has 0 spiro atoms. The summed E-state index contributed by atoms with van der Waals surface area (Å²) >= 11 is 0. The summed E-state index contributed by atoms with van der Waals surface area (Å²) < 4.78 is 4.90. The molecule has 0 heterocycles. The van der Waals surface area contributed by atoms with Gasteiger partial charge >= 0.3 is 5.97 Å². The van der Waals surface area contributed by atoms with Gasteiger partial charge < -0.3 is 10.1 Å². The van der Waals surface area contributed by atoms with Crippen LogP contribution in [0.3, 0.4) is 0 Å². The fourth-order valence-electron chi connectivity index (χ4n) is 2.05. The zero-order valence-electron chi connectivity index (χ0n) is 13.2. The molecule has 5 heteroatoms. The Hall–Kier alpha value is -1.88. The summed E-state index contributed by atoms with van der Waals surface area (Å²) in [6, 6.07) is 9.32. The second-order valence-electron chi connectivity index (χ2n) is 5.68. The van der Waals surface area contributed by atoms with E-state index in [9.17, 15) is 9.59 Å². The first-order chi connectivity index (χ1) is 9.85. The molecule has 0 aliphatic heterocycles. The van der Waals surface area contributed by atoms with Crippen molar-refractivity contribution in [2.75, 3.05) is 32.1 Å². The number of carbonyl (C=O) groups is 2. The highest BCUT2D eigenvalue weighted by Gasteiger charge is 2.29. The van der Waals surface area contributed by atoms with E-state index in [1.807, 2.05) is 44.2 Å². The molecule has 21 heavy (non-hydrogen) atoms. The maximum Gasteiger partial charge on any atom is 0.320 e. The SMILES string of the molecule is CCOC(=O)CN(C)CC(C)(C)C(=O)Nc1ccccc1. The lowest BCUT2D eigenvalue weighted by atomic mass is 9.91. The van der Waals surface area contributed by atoms with Crippen molar-refractivity contribution in [3.8, 4) is 0 Å². The van der Waals surface area contributed by atoms with Crippen LogP contribution in [-0.2, 0) is 14.3 Å². The molecule has 116 valence electrons. The minimum atomic E-state index is -0.614. The van der Waals surface area contributed by atoms with Gasteiger partial charge in [-0.15, -0.1) is 0 Å². The van der Waals surface area contributed by atoms with Gasteiger partial charge in [-0.2, -0.15) is 0 Å². The molecule has 0 saturated heterocycles. The van der Waals surface area contributed by atoms with Crippen LogP contribution < -0.4 is 5.32 Å². The maximum atomic E-state index is 12.3. The summed E-state index contributed by atoms with van der Waals surface area (Å²) in [5, 5.41) is 2.88. The zero-order chi connectivity index (χ0) is 15.9. The number of amides is 1. The van der Waals surface area contributed by atoms with E-state index in [1.165, 1.54) is 0 Å². The van der Waals surface area contributed by atoms with Gasteiger partial charge in [0.15, 0.2) is 0 Å². The maximum absolute atomic E-state index is 12.3. The Balaban J connectivity index is 2.55. The average molecular weight is 292 g/mol. The first-order valence-corrected chi connectivity index (χ1v) is 7.06. The van der Waals surface area contributed by atoms with Crippen LogP contribution in [0.1, 0.15) is 20.8 Å². The highest BCUT2D eigenvalue weighted by molar-refractivity contribution is 5.95. The summed E-state index contributed by atoms with van der Waals surface area (Å²) in [6.45, 7) is 6.49. The molecular formula is C16H24N2O3. The smallest absolute Gasteiger partial charge is 0.320 e. The van der Waals surface area contributed by atoms with Crippen LogP contribution in [0.25, 0.3) is 0 Å². The molecule has 0 aliphatic carbocycles. The topological polar surface area (TPSA) is 58.6 Å². The van der Waals surface area contributed by atoms with Crippen molar-refractivity contribution in [3.05, 3.63) is 30.3 Å². The highest BCUT2D eigenvalue weighted by Crippen LogP contribution is 2.19. The van der Waals surface area contributed by atoms with Crippen molar-refractivity contribution in [1.29, 1.82) is 0 Å². The third kappa shape index (κ3) is 5.95. The molecule has 0 atom stereocenters. The van der Waals surface area contributed by atoms with Crippen LogP contribution in [0, 0.1) is 5.41 Å². The van der Waals surface area contributed by atoms with Crippen molar-refractivity contribution in [2.45, 2.75) is 20.8 Å². The molecule has 1 aromatic carbocycles. The molecule has 1 N–H and O–H groups in total. The lowest BCUT2D eigenvalue weighted by molar-refractivity contribution is -0.144. The van der Waals surface area contributed by atoms with E-state index >= 15 is 0 Å². The van der Waals surface area contributed by atoms with Gasteiger partial charge in [0.25, 0.3) is 0 Å². The number of ether oxygens (including phenoxy) is 1. The van der Waals surface area contributed by atoms with Crippen molar-refractivity contribution < 1.29 is 14.3 Å². The van der Waals surface area contributed by atoms with E-state index < -0.39 is 5.41 Å². The second-order valence-corrected chi connectivity index (χ2v) is 5.68. The molecule has 0 aliphatic rings. The predicted molar refractivity (Wildman–Crippen MR) is 83.0 cm³/mol. The molecule has 0 unspecified atom stereocenters. The van der Waals surface area contributed by atoms with Crippen molar-refractivity contribution in [3.63, 3.8) is 0 Å². The summed E-state index contributed by atoms with van der Waals surface area (Å²) in [5.74, 6) is -0.358. The Labute approximate surface area is 126 Å². The van der Waals surface area contributed by atoms with Crippen molar-refractivity contribution >= 4 is 17.6 Å². The Morgan fingerprint density at radius 3 is 2.43 bits per heavy atom. The summed E-state index contributed by atoms with van der Waals surface area (Å²) in [5.41, 5.74) is 0.153. The first-order valence-electron chi connectivity index (χ1n) is 7.06. The van der Waals surface area contributed by atoms with Gasteiger partial charge in [0.05, 0.1) is 18.6 Å². The highest BCUT2D eigenvalue weighted by atomic mass is 16.5. The number of rotatable bonds is 7. The van der Waals surface area contributed by atoms with Gasteiger partial charge in [-0.3, -0.25) is 14.5 Å². The molecule has 1 amide bonds. The van der Waals surface area contributed by atoms with Crippen molar-refractivity contribution in [1.82, 2.24) is 4.90 Å². The third-order valence-corrected chi connectivity index (χ3v) is 3.02. The van der Waals surface area contributed by atoms with E-state index in [-0.39, 0.29) is 18.4 Å². The van der Waals surface area contributed by atoms with Crippen molar-refractivity contribution in [2.24, 2.45) is 5.41 Å². The Bertz CT molecular complexity index is 472. The van der Waals surface area contributed by atoms with Gasteiger partial charge in [-0.25, -0.2) is 0 Å². The molecule has 0 radical (unpaired) electrons. The number of likely N-dealkylation sites (N-methyl/N-ethyl adjacent to an activating group) is 1. The van der Waals surface area contributed by atoms with Crippen LogP contribution in [0.4, 0.5) is 5.69 Å². The van der Waals surface area contributed by atoms with E-state index in [0.717, 1.165) is 5.69 Å². The standard InChI is InChI=1S/C16H24N2O3/c1-5-21-14(19)11-18(4)12-16(2,3)15(20)17-13-9-7-6-8-10-13/h6-10H,5,11-12H2,1-4H3,(H,17,20). The van der Waals surface area contributed by atoms with Gasteiger partial charge in [0.1, 0.15) is 0 Å². The number of para-hydroxylation sites is 1. The second kappa shape index (κ2) is 7.78. The zero-order valence-corrected chi connectivity index (χ0v) is 13.2. The quantitative estimate of drug-likeness (QED) is 0.782. The number of esters is 1. The molecule has 1 rings (SSSR count). The van der Waals surface area contributed by atoms with Crippen LogP contribution in [-0.4, -0.2) is 43.5 Å². The fraction of sp³-hybridized carbons (Fsp3) is 0.500. The third-order valence-electron chi connectivity index (χ3n) is 3.02. The minimum absolute atomic E-state index is 0.0793. The lowest BCUT2D eigenvalue weighted by Crippen LogP contribution is -2.42. The summed E-state index contributed by atoms with van der Waals surface area (Å²) in [4.78, 5) is 25.6. The van der Waals surface area contributed by atoms with E-state index in [0.29, 0.717) is 13.2 Å². The van der Waals surface area contributed by atoms with Crippen LogP contribution in [0.15, 0.2) is 30.3 Å². The fourth-order valence-corrected chi connectivity index (χ4v) is 2.05. The Morgan fingerprint density at radius 1 is 1.24 bits per heavy atom. The molecule has 0 saturated carbocycles. The number of hydrogen-bond donors (Lipinski definition) is 1. The minimum Gasteiger partial charge on any atom is -0.465 e. The molecule has 1 aromatic rings. The number of nitrogens with zero attached hydrogens (tertiary/aromatic N) is 1. The predicted octanol–water partition coefficient (Wildman–Crippen LogP) is 2.15. The van der Waals surface area contributed by atoms with Crippen LogP contribution in [0.5, 0.6) is 0 Å². The summed E-state index contributed by atoms with van der Waals surface area (Å²) in [6.07, 6.45) is 0. The van der Waals surface area contributed by atoms with Crippen LogP contribution >= 0.6 is 0 Å². The van der Waals surface area contributed by atoms with E-state index in [1.54, 1.807) is 18.9 Å². The molecule has 5 nitrogen and oxygen atoms in total. The molecule has 0 bridgehead atoms. The average Bonchev–Trinajstić information content (AvgIpc) is 2.39. The molecule has 0 aromatic heterocycles. The number of nitrogens with one attached hydrogen (secondary N) is 1. The molecule has 0 fully saturated rings. The van der Waals surface area contributed by atoms with Gasteiger partial charge in [-0.1, -0.05) is 18.2 Å². The van der Waals surface area contributed by atoms with Gasteiger partial charge in [0, 0.05) is 12.2 Å². The van der Waals surface area contributed by atoms with E-state index in [4.69, 9.17) is 4.74 Å². The van der Waals surface area contributed by atoms with Gasteiger partial charge in [-0.05, 0) is 40.0 Å². The molecular weight excluding hydrogens is 268 g/mol. The normalized spacial score (nSPS) is 11.3. The number of benzene rings is 1. The lowest BCUT2D eigenvalue weighted by Gasteiger charge is -2.28. The number of carbonyl (C=O) groups excluding carboxylic acids is 2. The Kier molecular flexibility index (Phi) is 6.37. The monoisotopic (exact) mass is 292 g/mol. The number of hydrogen-bond acceptors (Lipinski definition) is 4. The Morgan fingerprint density at radius 2 is 1.86 bits per heavy atom.